The molecule has 8 nitrogen and oxygen atoms in total. The van der Waals surface area contributed by atoms with Crippen LogP contribution in [0.2, 0.25) is 5.02 Å². The van der Waals surface area contributed by atoms with Gasteiger partial charge in [-0.2, -0.15) is 0 Å². The van der Waals surface area contributed by atoms with E-state index in [1.807, 2.05) is 13.0 Å². The van der Waals surface area contributed by atoms with Crippen LogP contribution in [0.4, 0.5) is 5.95 Å². The topological polar surface area (TPSA) is 115 Å². The lowest BCUT2D eigenvalue weighted by molar-refractivity contribution is 0.0950. The number of hydrogen-bond acceptors (Lipinski definition) is 5. The molecule has 0 aliphatic rings. The van der Waals surface area contributed by atoms with Gasteiger partial charge < -0.3 is 16.0 Å². The molecule has 9 heteroatoms. The van der Waals surface area contributed by atoms with Crippen molar-refractivity contribution < 1.29 is 4.79 Å². The summed E-state index contributed by atoms with van der Waals surface area (Å²) in [5.41, 5.74) is 9.15. The number of carbonyl (C=O) groups is 1. The normalized spacial score (nSPS) is 11.3. The molecule has 26 heavy (non-hydrogen) atoms. The maximum Gasteiger partial charge on any atom is 0.253 e. The van der Waals surface area contributed by atoms with Crippen LogP contribution in [0.15, 0.2) is 30.5 Å². The van der Waals surface area contributed by atoms with Crippen LogP contribution in [0.1, 0.15) is 23.1 Å². The number of aryl methyl sites for hydroxylation is 1. The second kappa shape index (κ2) is 6.30. The zero-order valence-electron chi connectivity index (χ0n) is 14.0. The predicted molar refractivity (Wildman–Crippen MR) is 99.9 cm³/mol. The number of nitrogen functional groups attached to an aromatic ring is 1. The maximum absolute atomic E-state index is 12.4. The molecule has 0 aliphatic carbocycles. The number of nitrogens with zero attached hydrogens (tertiary/aromatic N) is 4. The highest BCUT2D eigenvalue weighted by Gasteiger charge is 2.13. The molecule has 4 N–H and O–H groups in total. The van der Waals surface area contributed by atoms with E-state index in [1.54, 1.807) is 22.8 Å². The quantitative estimate of drug-likeness (QED) is 0.511. The molecule has 0 atom stereocenters. The number of amides is 1. The summed E-state index contributed by atoms with van der Waals surface area (Å²) in [7, 11) is 0. The van der Waals surface area contributed by atoms with Gasteiger partial charge in [0.1, 0.15) is 11.3 Å². The highest BCUT2D eigenvalue weighted by atomic mass is 35.5. The first-order chi connectivity index (χ1) is 12.5. The van der Waals surface area contributed by atoms with Gasteiger partial charge in [0.2, 0.25) is 5.95 Å². The van der Waals surface area contributed by atoms with E-state index in [0.29, 0.717) is 40.1 Å². The number of H-pyrrole nitrogens is 1. The summed E-state index contributed by atoms with van der Waals surface area (Å²) in [5.74, 6) is 0.764. The molecule has 0 bridgehead atoms. The van der Waals surface area contributed by atoms with Gasteiger partial charge in [0.25, 0.3) is 5.91 Å². The minimum atomic E-state index is -0.262. The molecule has 0 saturated carbocycles. The molecule has 0 aliphatic heterocycles. The third kappa shape index (κ3) is 2.84. The molecular weight excluding hydrogens is 354 g/mol. The molecule has 4 rings (SSSR count). The van der Waals surface area contributed by atoms with Crippen LogP contribution in [0.5, 0.6) is 0 Å². The first-order valence-corrected chi connectivity index (χ1v) is 8.47. The van der Waals surface area contributed by atoms with Crippen molar-refractivity contribution in [2.75, 3.05) is 5.73 Å². The van der Waals surface area contributed by atoms with Crippen LogP contribution in [0.25, 0.3) is 22.2 Å². The number of fused-ring (bicyclic) bond motifs is 2. The van der Waals surface area contributed by atoms with Gasteiger partial charge in [-0.1, -0.05) is 11.6 Å². The SMILES string of the molecule is CCn1c(N)nc2cc(C(=O)NCc3nc4ccc(Cl)cc4[nH]3)cnc21. The van der Waals surface area contributed by atoms with Crippen molar-refractivity contribution in [1.82, 2.24) is 29.8 Å². The van der Waals surface area contributed by atoms with Gasteiger partial charge in [-0.25, -0.2) is 15.0 Å². The maximum atomic E-state index is 12.4. The monoisotopic (exact) mass is 369 g/mol. The average Bonchev–Trinajstić information content (AvgIpc) is 3.17. The van der Waals surface area contributed by atoms with Gasteiger partial charge in [0, 0.05) is 17.8 Å². The number of imidazole rings is 2. The summed E-state index contributed by atoms with van der Waals surface area (Å²) in [4.78, 5) is 28.5. The number of halogens is 1. The minimum Gasteiger partial charge on any atom is -0.369 e. The summed E-state index contributed by atoms with van der Waals surface area (Å²) in [6.45, 7) is 2.88. The molecule has 1 amide bonds. The summed E-state index contributed by atoms with van der Waals surface area (Å²) in [5, 5.41) is 3.45. The lowest BCUT2D eigenvalue weighted by atomic mass is 10.2. The number of nitrogens with two attached hydrogens (primary N) is 1. The highest BCUT2D eigenvalue weighted by Crippen LogP contribution is 2.18. The van der Waals surface area contributed by atoms with Crippen LogP contribution in [0.3, 0.4) is 0 Å². The van der Waals surface area contributed by atoms with Gasteiger partial charge in [0.15, 0.2) is 5.65 Å². The summed E-state index contributed by atoms with van der Waals surface area (Å²) < 4.78 is 1.79. The number of aromatic amines is 1. The molecule has 3 aromatic heterocycles. The Morgan fingerprint density at radius 1 is 1.31 bits per heavy atom. The molecule has 0 saturated heterocycles. The molecule has 0 unspecified atom stereocenters. The van der Waals surface area contributed by atoms with E-state index in [4.69, 9.17) is 17.3 Å². The van der Waals surface area contributed by atoms with Crippen molar-refractivity contribution in [3.8, 4) is 0 Å². The molecule has 132 valence electrons. The Balaban J connectivity index is 1.52. The first-order valence-electron chi connectivity index (χ1n) is 8.09. The fourth-order valence-electron chi connectivity index (χ4n) is 2.85. The number of anilines is 1. The smallest absolute Gasteiger partial charge is 0.253 e. The van der Waals surface area contributed by atoms with Gasteiger partial charge in [-0.05, 0) is 31.2 Å². The second-order valence-electron chi connectivity index (χ2n) is 5.81. The second-order valence-corrected chi connectivity index (χ2v) is 6.25. The van der Waals surface area contributed by atoms with Crippen LogP contribution in [-0.4, -0.2) is 30.4 Å². The van der Waals surface area contributed by atoms with Crippen LogP contribution in [0, 0.1) is 0 Å². The summed E-state index contributed by atoms with van der Waals surface area (Å²) >= 11 is 5.97. The zero-order valence-corrected chi connectivity index (χ0v) is 14.7. The Morgan fingerprint density at radius 3 is 2.96 bits per heavy atom. The van der Waals surface area contributed by atoms with Crippen molar-refractivity contribution in [3.05, 3.63) is 46.9 Å². The third-order valence-electron chi connectivity index (χ3n) is 4.10. The number of hydrogen-bond donors (Lipinski definition) is 3. The number of benzene rings is 1. The van der Waals surface area contributed by atoms with E-state index < -0.39 is 0 Å². The van der Waals surface area contributed by atoms with Crippen molar-refractivity contribution >= 4 is 45.7 Å². The van der Waals surface area contributed by atoms with Crippen molar-refractivity contribution in [2.24, 2.45) is 0 Å². The number of pyridine rings is 1. The lowest BCUT2D eigenvalue weighted by Gasteiger charge is -2.04. The van der Waals surface area contributed by atoms with E-state index in [2.05, 4.69) is 25.3 Å². The minimum absolute atomic E-state index is 0.259. The Kier molecular flexibility index (Phi) is 3.96. The fraction of sp³-hybridized carbons (Fsp3) is 0.176. The number of carbonyl (C=O) groups excluding carboxylic acids is 1. The number of aromatic nitrogens is 5. The van der Waals surface area contributed by atoms with Crippen molar-refractivity contribution in [2.45, 2.75) is 20.0 Å². The molecular formula is C17H16ClN7O. The van der Waals surface area contributed by atoms with E-state index in [0.717, 1.165) is 11.0 Å². The molecule has 3 heterocycles. The zero-order chi connectivity index (χ0) is 18.3. The molecule has 4 aromatic rings. The summed E-state index contributed by atoms with van der Waals surface area (Å²) in [6, 6.07) is 7.07. The molecule has 0 fully saturated rings. The fourth-order valence-corrected chi connectivity index (χ4v) is 3.02. The van der Waals surface area contributed by atoms with Gasteiger partial charge in [0.05, 0.1) is 23.1 Å². The van der Waals surface area contributed by atoms with Crippen molar-refractivity contribution in [1.29, 1.82) is 0 Å². The van der Waals surface area contributed by atoms with Gasteiger partial charge in [-0.15, -0.1) is 0 Å². The first kappa shape index (κ1) is 16.3. The molecule has 0 spiro atoms. The highest BCUT2D eigenvalue weighted by molar-refractivity contribution is 6.31. The Morgan fingerprint density at radius 2 is 2.15 bits per heavy atom. The van der Waals surface area contributed by atoms with E-state index in [9.17, 15) is 4.79 Å². The number of rotatable bonds is 4. The van der Waals surface area contributed by atoms with E-state index in [-0.39, 0.29) is 12.5 Å². The van der Waals surface area contributed by atoms with E-state index >= 15 is 0 Å². The predicted octanol–water partition coefficient (Wildman–Crippen LogP) is 2.49. The van der Waals surface area contributed by atoms with Gasteiger partial charge >= 0.3 is 0 Å². The van der Waals surface area contributed by atoms with Crippen molar-refractivity contribution in [3.63, 3.8) is 0 Å². The third-order valence-corrected chi connectivity index (χ3v) is 4.34. The molecule has 0 radical (unpaired) electrons. The Labute approximate surface area is 153 Å². The molecule has 1 aromatic carbocycles. The average molecular weight is 370 g/mol. The largest absolute Gasteiger partial charge is 0.369 e. The van der Waals surface area contributed by atoms with Crippen LogP contribution < -0.4 is 11.1 Å². The van der Waals surface area contributed by atoms with Gasteiger partial charge in [-0.3, -0.25) is 9.36 Å². The summed E-state index contributed by atoms with van der Waals surface area (Å²) in [6.07, 6.45) is 1.52. The van der Waals surface area contributed by atoms with Crippen LogP contribution >= 0.6 is 11.6 Å². The van der Waals surface area contributed by atoms with Crippen LogP contribution in [-0.2, 0) is 13.1 Å². The Bertz CT molecular complexity index is 1130. The standard InChI is InChI=1S/C17H16ClN7O/c1-2-25-15-13(24-17(25)19)5-9(7-20-15)16(26)21-8-14-22-11-4-3-10(18)6-12(11)23-14/h3-7H,2,8H2,1H3,(H2,19,24)(H,21,26)(H,22,23). The Hall–Kier alpha value is -3.13. The lowest BCUT2D eigenvalue weighted by Crippen LogP contribution is -2.23. The number of nitrogens with one attached hydrogen (secondary N) is 2. The van der Waals surface area contributed by atoms with E-state index in [1.165, 1.54) is 6.20 Å².